The zero-order valence-electron chi connectivity index (χ0n) is 17.6. The van der Waals surface area contributed by atoms with Gasteiger partial charge < -0.3 is 5.32 Å². The summed E-state index contributed by atoms with van der Waals surface area (Å²) in [7, 11) is 0. The number of carbonyl (C=O) groups excluding carboxylic acids is 2. The third-order valence-electron chi connectivity index (χ3n) is 4.81. The molecule has 0 bridgehead atoms. The highest BCUT2D eigenvalue weighted by Gasteiger charge is 2.09. The van der Waals surface area contributed by atoms with Gasteiger partial charge in [-0.05, 0) is 72.5 Å². The smallest absolute Gasteiger partial charge is 0.271 e. The Balaban J connectivity index is 1.66. The Morgan fingerprint density at radius 1 is 0.839 bits per heavy atom. The van der Waals surface area contributed by atoms with Crippen LogP contribution in [-0.4, -0.2) is 17.5 Å². The highest BCUT2D eigenvalue weighted by atomic mass is 35.5. The molecule has 0 radical (unpaired) electrons. The van der Waals surface area contributed by atoms with Gasteiger partial charge in [0.05, 0.1) is 5.71 Å². The molecule has 0 aliphatic heterocycles. The number of nitrogens with one attached hydrogen (secondary N) is 2. The van der Waals surface area contributed by atoms with Crippen molar-refractivity contribution < 1.29 is 9.59 Å². The molecule has 0 aliphatic carbocycles. The molecule has 0 fully saturated rings. The maximum atomic E-state index is 12.4. The number of nitrogens with zero attached hydrogens (tertiary/aromatic N) is 1. The number of rotatable bonds is 6. The summed E-state index contributed by atoms with van der Waals surface area (Å²) < 4.78 is 0. The Morgan fingerprint density at radius 3 is 2.10 bits per heavy atom. The molecule has 0 aliphatic rings. The lowest BCUT2D eigenvalue weighted by molar-refractivity contribution is 0.0954. The standard InChI is InChI=1S/C25H24ClN3O2/c1-16(2)18-7-9-20(10-8-18)25(31)29-28-17(3)21-5-4-6-23(15-21)27-24(30)19-11-13-22(26)14-12-19/h4-16H,1-3H3,(H,27,30)(H,29,31)/b28-17-. The molecule has 31 heavy (non-hydrogen) atoms. The van der Waals surface area contributed by atoms with Gasteiger partial charge in [-0.2, -0.15) is 5.10 Å². The molecule has 158 valence electrons. The number of hydrogen-bond donors (Lipinski definition) is 2. The van der Waals surface area contributed by atoms with Crippen LogP contribution < -0.4 is 10.7 Å². The van der Waals surface area contributed by atoms with Crippen molar-refractivity contribution in [3.05, 3.63) is 100 Å². The van der Waals surface area contributed by atoms with Crippen LogP contribution >= 0.6 is 11.6 Å². The number of halogens is 1. The maximum Gasteiger partial charge on any atom is 0.271 e. The van der Waals surface area contributed by atoms with Gasteiger partial charge in [-0.25, -0.2) is 5.43 Å². The lowest BCUT2D eigenvalue weighted by atomic mass is 10.0. The van der Waals surface area contributed by atoms with Crippen LogP contribution in [0.3, 0.4) is 0 Å². The zero-order chi connectivity index (χ0) is 22.4. The average Bonchev–Trinajstić information content (AvgIpc) is 2.77. The van der Waals surface area contributed by atoms with Crippen molar-refractivity contribution in [1.29, 1.82) is 0 Å². The maximum absolute atomic E-state index is 12.4. The molecule has 2 N–H and O–H groups in total. The minimum absolute atomic E-state index is 0.235. The monoisotopic (exact) mass is 433 g/mol. The van der Waals surface area contributed by atoms with Crippen LogP contribution in [0.4, 0.5) is 5.69 Å². The van der Waals surface area contributed by atoms with E-state index in [1.165, 1.54) is 5.56 Å². The first-order valence-corrected chi connectivity index (χ1v) is 10.3. The SMILES string of the molecule is C/C(=N/NC(=O)c1ccc(C(C)C)cc1)c1cccc(NC(=O)c2ccc(Cl)cc2)c1. The summed E-state index contributed by atoms with van der Waals surface area (Å²) in [5, 5.41) is 7.63. The molecule has 0 saturated heterocycles. The molecule has 5 nitrogen and oxygen atoms in total. The van der Waals surface area contributed by atoms with Crippen LogP contribution in [0.15, 0.2) is 77.9 Å². The van der Waals surface area contributed by atoms with E-state index < -0.39 is 0 Å². The van der Waals surface area contributed by atoms with Crippen LogP contribution in [-0.2, 0) is 0 Å². The summed E-state index contributed by atoms with van der Waals surface area (Å²) in [5.41, 5.74) is 6.85. The van der Waals surface area contributed by atoms with Crippen molar-refractivity contribution in [3.8, 4) is 0 Å². The zero-order valence-corrected chi connectivity index (χ0v) is 18.4. The van der Waals surface area contributed by atoms with Crippen molar-refractivity contribution in [2.24, 2.45) is 5.10 Å². The number of anilines is 1. The van der Waals surface area contributed by atoms with Crippen molar-refractivity contribution in [3.63, 3.8) is 0 Å². The Kier molecular flexibility index (Phi) is 7.21. The molecule has 0 aromatic heterocycles. The minimum atomic E-state index is -0.276. The summed E-state index contributed by atoms with van der Waals surface area (Å²) in [6.07, 6.45) is 0. The predicted octanol–water partition coefficient (Wildman–Crippen LogP) is 5.87. The average molecular weight is 434 g/mol. The van der Waals surface area contributed by atoms with E-state index in [1.807, 2.05) is 24.3 Å². The van der Waals surface area contributed by atoms with E-state index in [1.54, 1.807) is 55.5 Å². The second kappa shape index (κ2) is 10.0. The largest absolute Gasteiger partial charge is 0.322 e. The first-order valence-electron chi connectivity index (χ1n) is 9.95. The second-order valence-corrected chi connectivity index (χ2v) is 7.89. The van der Waals surface area contributed by atoms with E-state index in [0.717, 1.165) is 5.56 Å². The van der Waals surface area contributed by atoms with Gasteiger partial charge in [-0.3, -0.25) is 9.59 Å². The van der Waals surface area contributed by atoms with Gasteiger partial charge in [-0.1, -0.05) is 49.7 Å². The van der Waals surface area contributed by atoms with Gasteiger partial charge in [0, 0.05) is 21.8 Å². The summed E-state index contributed by atoms with van der Waals surface area (Å²) in [6, 6.07) is 21.4. The Hall–Kier alpha value is -3.44. The van der Waals surface area contributed by atoms with Crippen molar-refractivity contribution in [2.45, 2.75) is 26.7 Å². The molecule has 2 amide bonds. The fourth-order valence-electron chi connectivity index (χ4n) is 2.91. The van der Waals surface area contributed by atoms with Gasteiger partial charge in [0.2, 0.25) is 0 Å². The molecule has 0 heterocycles. The Bertz CT molecular complexity index is 1100. The molecular weight excluding hydrogens is 410 g/mol. The molecule has 3 aromatic carbocycles. The van der Waals surface area contributed by atoms with Gasteiger partial charge in [0.25, 0.3) is 11.8 Å². The van der Waals surface area contributed by atoms with E-state index in [9.17, 15) is 9.59 Å². The minimum Gasteiger partial charge on any atom is -0.322 e. The number of benzene rings is 3. The van der Waals surface area contributed by atoms with E-state index in [2.05, 4.69) is 29.7 Å². The molecule has 0 saturated carbocycles. The molecule has 0 unspecified atom stereocenters. The van der Waals surface area contributed by atoms with Crippen LogP contribution in [0, 0.1) is 0 Å². The van der Waals surface area contributed by atoms with Crippen molar-refractivity contribution >= 4 is 34.8 Å². The predicted molar refractivity (Wildman–Crippen MR) is 126 cm³/mol. The lowest BCUT2D eigenvalue weighted by Gasteiger charge is -2.09. The summed E-state index contributed by atoms with van der Waals surface area (Å²) in [5.74, 6) is -0.103. The van der Waals surface area contributed by atoms with E-state index >= 15 is 0 Å². The second-order valence-electron chi connectivity index (χ2n) is 7.46. The number of hydrazone groups is 1. The van der Waals surface area contributed by atoms with E-state index in [-0.39, 0.29) is 11.8 Å². The fourth-order valence-corrected chi connectivity index (χ4v) is 3.04. The van der Waals surface area contributed by atoms with Gasteiger partial charge in [0.1, 0.15) is 0 Å². The highest BCUT2D eigenvalue weighted by molar-refractivity contribution is 6.30. The Morgan fingerprint density at radius 2 is 1.45 bits per heavy atom. The van der Waals surface area contributed by atoms with Gasteiger partial charge in [0.15, 0.2) is 0 Å². The van der Waals surface area contributed by atoms with E-state index in [4.69, 9.17) is 11.6 Å². The van der Waals surface area contributed by atoms with Gasteiger partial charge in [-0.15, -0.1) is 0 Å². The summed E-state index contributed by atoms with van der Waals surface area (Å²) in [4.78, 5) is 24.8. The first-order chi connectivity index (χ1) is 14.8. The highest BCUT2D eigenvalue weighted by Crippen LogP contribution is 2.16. The van der Waals surface area contributed by atoms with Crippen molar-refractivity contribution in [2.75, 3.05) is 5.32 Å². The number of carbonyl (C=O) groups is 2. The topological polar surface area (TPSA) is 70.6 Å². The summed E-state index contributed by atoms with van der Waals surface area (Å²) >= 11 is 5.87. The van der Waals surface area contributed by atoms with Crippen LogP contribution in [0.5, 0.6) is 0 Å². The number of amides is 2. The molecule has 3 aromatic rings. The molecule has 6 heteroatoms. The van der Waals surface area contributed by atoms with Crippen molar-refractivity contribution in [1.82, 2.24) is 5.43 Å². The van der Waals surface area contributed by atoms with E-state index in [0.29, 0.717) is 33.5 Å². The lowest BCUT2D eigenvalue weighted by Crippen LogP contribution is -2.19. The molecule has 0 atom stereocenters. The third kappa shape index (κ3) is 6.03. The third-order valence-corrected chi connectivity index (χ3v) is 5.06. The van der Waals surface area contributed by atoms with Crippen LogP contribution in [0.2, 0.25) is 5.02 Å². The first kappa shape index (κ1) is 22.2. The normalized spacial score (nSPS) is 11.3. The van der Waals surface area contributed by atoms with Crippen LogP contribution in [0.25, 0.3) is 0 Å². The van der Waals surface area contributed by atoms with Crippen LogP contribution in [0.1, 0.15) is 58.5 Å². The number of hydrogen-bond acceptors (Lipinski definition) is 3. The molecule has 3 rings (SSSR count). The summed E-state index contributed by atoms with van der Waals surface area (Å²) in [6.45, 7) is 6.01. The fraction of sp³-hybridized carbons (Fsp3) is 0.160. The Labute approximate surface area is 187 Å². The quantitative estimate of drug-likeness (QED) is 0.377. The molecular formula is C25H24ClN3O2. The van der Waals surface area contributed by atoms with Gasteiger partial charge >= 0.3 is 0 Å². The molecule has 0 spiro atoms.